The number of aryl methyl sites for hydroxylation is 1. The van der Waals surface area contributed by atoms with Crippen molar-refractivity contribution in [2.24, 2.45) is 7.05 Å². The van der Waals surface area contributed by atoms with Gasteiger partial charge in [-0.3, -0.25) is 14.2 Å². The van der Waals surface area contributed by atoms with Crippen LogP contribution in [0.3, 0.4) is 0 Å². The number of hydrogen-bond donors (Lipinski definition) is 1. The van der Waals surface area contributed by atoms with E-state index in [1.807, 2.05) is 42.5 Å². The van der Waals surface area contributed by atoms with Crippen molar-refractivity contribution in [1.29, 1.82) is 0 Å². The lowest BCUT2D eigenvalue weighted by Crippen LogP contribution is -2.44. The van der Waals surface area contributed by atoms with Crippen LogP contribution in [0.2, 0.25) is 5.02 Å². The average molecular weight is 384 g/mol. The number of nitrogens with one attached hydrogen (secondary N) is 1. The normalized spacial score (nSPS) is 15.3. The number of para-hydroxylation sites is 1. The number of nitrogens with zero attached hydrogens (tertiary/aromatic N) is 2. The maximum absolute atomic E-state index is 12.8. The molecule has 2 heterocycles. The number of halogens is 1. The van der Waals surface area contributed by atoms with Crippen molar-refractivity contribution in [3.63, 3.8) is 0 Å². The third-order valence-corrected chi connectivity index (χ3v) is 5.59. The Morgan fingerprint density at radius 3 is 2.56 bits per heavy atom. The number of piperidine rings is 1. The number of aromatic nitrogens is 2. The van der Waals surface area contributed by atoms with Crippen LogP contribution in [0.15, 0.2) is 52.1 Å². The van der Waals surface area contributed by atoms with E-state index >= 15 is 0 Å². The lowest BCUT2D eigenvalue weighted by Gasteiger charge is -2.27. The van der Waals surface area contributed by atoms with Crippen LogP contribution in [-0.4, -0.2) is 22.2 Å². The molecule has 0 bridgehead atoms. The molecule has 140 valence electrons. The number of hydrogen-bond acceptors (Lipinski definition) is 3. The van der Waals surface area contributed by atoms with E-state index in [-0.39, 0.29) is 6.04 Å². The summed E-state index contributed by atoms with van der Waals surface area (Å²) in [7, 11) is 1.68. The Morgan fingerprint density at radius 2 is 1.81 bits per heavy atom. The van der Waals surface area contributed by atoms with E-state index in [1.165, 1.54) is 4.57 Å². The van der Waals surface area contributed by atoms with Gasteiger partial charge in [-0.15, -0.1) is 0 Å². The largest absolute Gasteiger partial charge is 0.317 e. The van der Waals surface area contributed by atoms with E-state index in [0.29, 0.717) is 11.4 Å². The molecule has 1 fully saturated rings. The average Bonchev–Trinajstić information content (AvgIpc) is 2.67. The smallest absolute Gasteiger partial charge is 0.317 e. The molecule has 2 aromatic carbocycles. The van der Waals surface area contributed by atoms with Crippen molar-refractivity contribution in [3.05, 3.63) is 79.3 Å². The van der Waals surface area contributed by atoms with Crippen molar-refractivity contribution in [3.8, 4) is 0 Å². The number of benzene rings is 2. The van der Waals surface area contributed by atoms with Crippen molar-refractivity contribution in [2.75, 3.05) is 13.1 Å². The lowest BCUT2D eigenvalue weighted by atomic mass is 10.0. The fourth-order valence-corrected chi connectivity index (χ4v) is 4.27. The third kappa shape index (κ3) is 3.33. The Kier molecular flexibility index (Phi) is 4.89. The first-order valence-electron chi connectivity index (χ1n) is 9.24. The minimum absolute atomic E-state index is 0.0524. The summed E-state index contributed by atoms with van der Waals surface area (Å²) in [6.45, 7) is 1.71. The lowest BCUT2D eigenvalue weighted by molar-refractivity contribution is 0.366. The molecule has 0 aliphatic carbocycles. The molecule has 0 atom stereocenters. The van der Waals surface area contributed by atoms with Gasteiger partial charge in [0, 0.05) is 18.1 Å². The van der Waals surface area contributed by atoms with Gasteiger partial charge in [-0.25, -0.2) is 0 Å². The third-order valence-electron chi connectivity index (χ3n) is 5.36. The first kappa shape index (κ1) is 18.0. The molecular formula is C21H22ClN3O2. The van der Waals surface area contributed by atoms with Gasteiger partial charge in [0.1, 0.15) is 0 Å². The molecule has 27 heavy (non-hydrogen) atoms. The first-order chi connectivity index (χ1) is 13.1. The van der Waals surface area contributed by atoms with E-state index < -0.39 is 11.1 Å². The molecule has 1 aliphatic rings. The summed E-state index contributed by atoms with van der Waals surface area (Å²) in [5.74, 6) is 0. The molecule has 0 amide bonds. The standard InChI is InChI=1S/C21H22ClN3O2/c1-24-19-15(12-14-4-2-6-16(22)13-14)5-3-7-18(19)25(21(27)20(24)26)17-8-10-23-11-9-17/h2-7,13,17,23H,8-12H2,1H3. The van der Waals surface area contributed by atoms with E-state index in [9.17, 15) is 9.59 Å². The summed E-state index contributed by atoms with van der Waals surface area (Å²) >= 11 is 6.13. The summed E-state index contributed by atoms with van der Waals surface area (Å²) < 4.78 is 3.22. The van der Waals surface area contributed by atoms with Crippen LogP contribution in [0.4, 0.5) is 0 Å². The molecule has 0 spiro atoms. The SMILES string of the molecule is Cn1c(=O)c(=O)n(C2CCNCC2)c2cccc(Cc3cccc(Cl)c3)c21. The highest BCUT2D eigenvalue weighted by Gasteiger charge is 2.22. The molecule has 1 N–H and O–H groups in total. The van der Waals surface area contributed by atoms with Gasteiger partial charge in [-0.2, -0.15) is 0 Å². The zero-order valence-electron chi connectivity index (χ0n) is 15.2. The second kappa shape index (κ2) is 7.33. The number of fused-ring (bicyclic) bond motifs is 1. The van der Waals surface area contributed by atoms with Crippen LogP contribution in [0.1, 0.15) is 30.0 Å². The first-order valence-corrected chi connectivity index (χ1v) is 9.62. The van der Waals surface area contributed by atoms with E-state index in [2.05, 4.69) is 5.32 Å². The summed E-state index contributed by atoms with van der Waals surface area (Å²) in [5.41, 5.74) is 2.82. The van der Waals surface area contributed by atoms with Gasteiger partial charge >= 0.3 is 11.1 Å². The van der Waals surface area contributed by atoms with Crippen LogP contribution in [0.25, 0.3) is 11.0 Å². The highest BCUT2D eigenvalue weighted by Crippen LogP contribution is 2.25. The summed E-state index contributed by atoms with van der Waals surface area (Å²) in [5, 5.41) is 4.00. The molecule has 0 radical (unpaired) electrons. The molecule has 0 saturated carbocycles. The van der Waals surface area contributed by atoms with E-state index in [4.69, 9.17) is 11.6 Å². The molecule has 5 nitrogen and oxygen atoms in total. The van der Waals surface area contributed by atoms with Gasteiger partial charge < -0.3 is 9.88 Å². The summed E-state index contributed by atoms with van der Waals surface area (Å²) in [6, 6.07) is 13.7. The van der Waals surface area contributed by atoms with Crippen LogP contribution < -0.4 is 16.4 Å². The van der Waals surface area contributed by atoms with Crippen molar-refractivity contribution in [1.82, 2.24) is 14.5 Å². The zero-order chi connectivity index (χ0) is 19.0. The summed E-state index contributed by atoms with van der Waals surface area (Å²) in [6.07, 6.45) is 2.34. The molecular weight excluding hydrogens is 362 g/mol. The Morgan fingerprint density at radius 1 is 1.07 bits per heavy atom. The monoisotopic (exact) mass is 383 g/mol. The van der Waals surface area contributed by atoms with Crippen LogP contribution in [0, 0.1) is 0 Å². The van der Waals surface area contributed by atoms with Gasteiger partial charge in [0.2, 0.25) is 0 Å². The van der Waals surface area contributed by atoms with Gasteiger partial charge in [0.25, 0.3) is 0 Å². The Bertz CT molecular complexity index is 1110. The van der Waals surface area contributed by atoms with Crippen LogP contribution >= 0.6 is 11.6 Å². The van der Waals surface area contributed by atoms with E-state index in [1.54, 1.807) is 11.6 Å². The molecule has 1 saturated heterocycles. The minimum atomic E-state index is -0.473. The van der Waals surface area contributed by atoms with Crippen molar-refractivity contribution >= 4 is 22.6 Å². The maximum Gasteiger partial charge on any atom is 0.317 e. The number of rotatable bonds is 3. The Balaban J connectivity index is 1.93. The minimum Gasteiger partial charge on any atom is -0.317 e. The van der Waals surface area contributed by atoms with E-state index in [0.717, 1.165) is 48.1 Å². The molecule has 6 heteroatoms. The fraction of sp³-hybridized carbons (Fsp3) is 0.333. The molecule has 1 aliphatic heterocycles. The Hall–Kier alpha value is -2.37. The quantitative estimate of drug-likeness (QED) is 0.707. The molecule has 4 rings (SSSR count). The zero-order valence-corrected chi connectivity index (χ0v) is 16.0. The second-order valence-corrected chi connectivity index (χ2v) is 7.55. The van der Waals surface area contributed by atoms with Gasteiger partial charge in [0.05, 0.1) is 11.0 Å². The highest BCUT2D eigenvalue weighted by molar-refractivity contribution is 6.30. The highest BCUT2D eigenvalue weighted by atomic mass is 35.5. The van der Waals surface area contributed by atoms with Crippen LogP contribution in [0.5, 0.6) is 0 Å². The summed E-state index contributed by atoms with van der Waals surface area (Å²) in [4.78, 5) is 25.5. The Labute approximate surface area is 162 Å². The molecule has 3 aromatic rings. The fourth-order valence-electron chi connectivity index (χ4n) is 4.05. The van der Waals surface area contributed by atoms with Gasteiger partial charge in [0.15, 0.2) is 0 Å². The maximum atomic E-state index is 12.8. The molecule has 1 aromatic heterocycles. The van der Waals surface area contributed by atoms with Crippen LogP contribution in [-0.2, 0) is 13.5 Å². The predicted molar refractivity (Wildman–Crippen MR) is 109 cm³/mol. The molecule has 0 unspecified atom stereocenters. The topological polar surface area (TPSA) is 56.0 Å². The van der Waals surface area contributed by atoms with Gasteiger partial charge in [-0.05, 0) is 61.7 Å². The van der Waals surface area contributed by atoms with Crippen molar-refractivity contribution < 1.29 is 0 Å². The van der Waals surface area contributed by atoms with Crippen molar-refractivity contribution in [2.45, 2.75) is 25.3 Å². The predicted octanol–water partition coefficient (Wildman–Crippen LogP) is 2.87. The van der Waals surface area contributed by atoms with Gasteiger partial charge in [-0.1, -0.05) is 35.9 Å². The second-order valence-electron chi connectivity index (χ2n) is 7.11.